The van der Waals surface area contributed by atoms with Crippen LogP contribution in [0.1, 0.15) is 20.3 Å². The van der Waals surface area contributed by atoms with Crippen molar-refractivity contribution in [3.63, 3.8) is 0 Å². The number of hydrogen-bond acceptors (Lipinski definition) is 3. The largest absolute Gasteiger partial charge is 0.497 e. The van der Waals surface area contributed by atoms with Crippen LogP contribution in [0.3, 0.4) is 0 Å². The van der Waals surface area contributed by atoms with E-state index in [9.17, 15) is 4.79 Å². The molecular formula is C14H22N2O2. The highest BCUT2D eigenvalue weighted by Gasteiger charge is 2.01. The Bertz CT molecular complexity index is 361. The first-order valence-corrected chi connectivity index (χ1v) is 6.26. The monoisotopic (exact) mass is 250 g/mol. The predicted octanol–water partition coefficient (Wildman–Crippen LogP) is 2.27. The molecule has 0 saturated carbocycles. The van der Waals surface area contributed by atoms with Gasteiger partial charge in [0.1, 0.15) is 5.75 Å². The summed E-state index contributed by atoms with van der Waals surface area (Å²) in [6.07, 6.45) is 1.01. The van der Waals surface area contributed by atoms with Crippen molar-refractivity contribution in [3.05, 3.63) is 24.3 Å². The van der Waals surface area contributed by atoms with E-state index in [1.807, 2.05) is 24.3 Å². The van der Waals surface area contributed by atoms with E-state index in [0.29, 0.717) is 12.5 Å². The molecule has 4 nitrogen and oxygen atoms in total. The van der Waals surface area contributed by atoms with Crippen molar-refractivity contribution in [2.45, 2.75) is 20.3 Å². The molecule has 1 rings (SSSR count). The van der Waals surface area contributed by atoms with Gasteiger partial charge in [-0.15, -0.1) is 0 Å². The van der Waals surface area contributed by atoms with Crippen molar-refractivity contribution < 1.29 is 9.53 Å². The van der Waals surface area contributed by atoms with E-state index in [0.717, 1.165) is 24.4 Å². The number of carbonyl (C=O) groups is 1. The zero-order valence-electron chi connectivity index (χ0n) is 11.3. The zero-order valence-corrected chi connectivity index (χ0v) is 11.3. The minimum atomic E-state index is 0.0199. The minimum absolute atomic E-state index is 0.0199. The van der Waals surface area contributed by atoms with E-state index in [1.54, 1.807) is 7.11 Å². The number of amides is 1. The Kier molecular flexibility index (Phi) is 6.05. The third kappa shape index (κ3) is 5.57. The Morgan fingerprint density at radius 3 is 2.50 bits per heavy atom. The van der Waals surface area contributed by atoms with Crippen LogP contribution in [0, 0.1) is 5.92 Å². The van der Waals surface area contributed by atoms with Gasteiger partial charge in [-0.25, -0.2) is 0 Å². The molecule has 1 aromatic rings. The summed E-state index contributed by atoms with van der Waals surface area (Å²) in [5.74, 6) is 1.44. The molecule has 0 aliphatic heterocycles. The van der Waals surface area contributed by atoms with E-state index in [-0.39, 0.29) is 5.91 Å². The lowest BCUT2D eigenvalue weighted by molar-refractivity contribution is -0.119. The molecule has 0 atom stereocenters. The van der Waals surface area contributed by atoms with Gasteiger partial charge in [-0.1, -0.05) is 13.8 Å². The summed E-state index contributed by atoms with van der Waals surface area (Å²) in [5.41, 5.74) is 0.912. The molecule has 2 N–H and O–H groups in total. The lowest BCUT2D eigenvalue weighted by Gasteiger charge is -2.09. The maximum absolute atomic E-state index is 11.5. The van der Waals surface area contributed by atoms with E-state index in [4.69, 9.17) is 4.74 Å². The van der Waals surface area contributed by atoms with E-state index in [1.165, 1.54) is 0 Å². The first-order chi connectivity index (χ1) is 8.61. The molecule has 0 heterocycles. The fourth-order valence-corrected chi connectivity index (χ4v) is 1.45. The summed E-state index contributed by atoms with van der Waals surface area (Å²) in [6, 6.07) is 7.50. The molecule has 0 bridgehead atoms. The van der Waals surface area contributed by atoms with E-state index < -0.39 is 0 Å². The van der Waals surface area contributed by atoms with Crippen LogP contribution in [-0.4, -0.2) is 26.1 Å². The van der Waals surface area contributed by atoms with Crippen molar-refractivity contribution in [2.24, 2.45) is 5.92 Å². The van der Waals surface area contributed by atoms with Gasteiger partial charge in [0.15, 0.2) is 0 Å². The molecule has 0 fully saturated rings. The molecule has 1 amide bonds. The van der Waals surface area contributed by atoms with Crippen molar-refractivity contribution in [1.29, 1.82) is 0 Å². The number of benzene rings is 1. The molecule has 0 unspecified atom stereocenters. The Morgan fingerprint density at radius 2 is 1.94 bits per heavy atom. The predicted molar refractivity (Wildman–Crippen MR) is 73.9 cm³/mol. The average molecular weight is 250 g/mol. The summed E-state index contributed by atoms with van der Waals surface area (Å²) in [4.78, 5) is 11.5. The van der Waals surface area contributed by atoms with Gasteiger partial charge in [0.25, 0.3) is 0 Å². The highest BCUT2D eigenvalue weighted by Crippen LogP contribution is 2.14. The average Bonchev–Trinajstić information content (AvgIpc) is 2.36. The van der Waals surface area contributed by atoms with E-state index >= 15 is 0 Å². The third-order valence-electron chi connectivity index (χ3n) is 2.59. The second-order valence-electron chi connectivity index (χ2n) is 4.61. The summed E-state index contributed by atoms with van der Waals surface area (Å²) >= 11 is 0. The van der Waals surface area contributed by atoms with Crippen molar-refractivity contribution in [3.8, 4) is 5.75 Å². The second kappa shape index (κ2) is 7.58. The van der Waals surface area contributed by atoms with Crippen LogP contribution < -0.4 is 15.4 Å². The molecule has 100 valence electrons. The Hall–Kier alpha value is -1.71. The molecule has 1 aromatic carbocycles. The first kappa shape index (κ1) is 14.4. The Morgan fingerprint density at radius 1 is 1.28 bits per heavy atom. The molecule has 4 heteroatoms. The first-order valence-electron chi connectivity index (χ1n) is 6.26. The van der Waals surface area contributed by atoms with Gasteiger partial charge in [0.05, 0.1) is 13.7 Å². The maximum Gasteiger partial charge on any atom is 0.239 e. The smallest absolute Gasteiger partial charge is 0.239 e. The lowest BCUT2D eigenvalue weighted by atomic mass is 10.1. The second-order valence-corrected chi connectivity index (χ2v) is 4.61. The molecule has 18 heavy (non-hydrogen) atoms. The molecule has 0 spiro atoms. The minimum Gasteiger partial charge on any atom is -0.497 e. The molecule has 0 saturated heterocycles. The SMILES string of the molecule is COc1ccc(NCC(=O)NCCC(C)C)cc1. The molecule has 0 radical (unpaired) electrons. The van der Waals surface area contributed by atoms with Crippen molar-refractivity contribution in [1.82, 2.24) is 5.32 Å². The van der Waals surface area contributed by atoms with Crippen LogP contribution in [-0.2, 0) is 4.79 Å². The number of rotatable bonds is 7. The molecule has 0 aliphatic carbocycles. The summed E-state index contributed by atoms with van der Waals surface area (Å²) in [5, 5.41) is 5.95. The van der Waals surface area contributed by atoms with Crippen LogP contribution in [0.4, 0.5) is 5.69 Å². The summed E-state index contributed by atoms with van der Waals surface area (Å²) in [6.45, 7) is 5.31. The fourth-order valence-electron chi connectivity index (χ4n) is 1.45. The number of anilines is 1. The van der Waals surface area contributed by atoms with Crippen LogP contribution in [0.5, 0.6) is 5.75 Å². The standard InChI is InChI=1S/C14H22N2O2/c1-11(2)8-9-15-14(17)10-16-12-4-6-13(18-3)7-5-12/h4-7,11,16H,8-10H2,1-3H3,(H,15,17). The number of hydrogen-bond donors (Lipinski definition) is 2. The van der Waals surface area contributed by atoms with Crippen LogP contribution in [0.15, 0.2) is 24.3 Å². The zero-order chi connectivity index (χ0) is 13.4. The van der Waals surface area contributed by atoms with Gasteiger partial charge in [-0.2, -0.15) is 0 Å². The molecule has 0 aromatic heterocycles. The topological polar surface area (TPSA) is 50.4 Å². The highest BCUT2D eigenvalue weighted by atomic mass is 16.5. The Labute approximate surface area is 109 Å². The van der Waals surface area contributed by atoms with E-state index in [2.05, 4.69) is 24.5 Å². The molecule has 0 aliphatic rings. The van der Waals surface area contributed by atoms with Crippen LogP contribution in [0.25, 0.3) is 0 Å². The maximum atomic E-state index is 11.5. The van der Waals surface area contributed by atoms with Crippen LogP contribution in [0.2, 0.25) is 0 Å². The van der Waals surface area contributed by atoms with Gasteiger partial charge in [-0.05, 0) is 36.6 Å². The van der Waals surface area contributed by atoms with Crippen molar-refractivity contribution in [2.75, 3.05) is 25.5 Å². The summed E-state index contributed by atoms with van der Waals surface area (Å²) in [7, 11) is 1.63. The number of ether oxygens (including phenoxy) is 1. The van der Waals surface area contributed by atoms with Gasteiger partial charge < -0.3 is 15.4 Å². The normalized spacial score (nSPS) is 10.2. The quantitative estimate of drug-likeness (QED) is 0.780. The van der Waals surface area contributed by atoms with Crippen LogP contribution >= 0.6 is 0 Å². The Balaban J connectivity index is 2.24. The van der Waals surface area contributed by atoms with Gasteiger partial charge in [0, 0.05) is 12.2 Å². The molecular weight excluding hydrogens is 228 g/mol. The summed E-state index contributed by atoms with van der Waals surface area (Å²) < 4.78 is 5.06. The number of methoxy groups -OCH3 is 1. The number of nitrogens with one attached hydrogen (secondary N) is 2. The fraction of sp³-hybridized carbons (Fsp3) is 0.500. The third-order valence-corrected chi connectivity index (χ3v) is 2.59. The van der Waals surface area contributed by atoms with Gasteiger partial charge in [-0.3, -0.25) is 4.79 Å². The van der Waals surface area contributed by atoms with Gasteiger partial charge in [0.2, 0.25) is 5.91 Å². The number of carbonyl (C=O) groups excluding carboxylic acids is 1. The lowest BCUT2D eigenvalue weighted by Crippen LogP contribution is -2.31. The highest BCUT2D eigenvalue weighted by molar-refractivity contribution is 5.80. The van der Waals surface area contributed by atoms with Crippen molar-refractivity contribution >= 4 is 11.6 Å². The van der Waals surface area contributed by atoms with Gasteiger partial charge >= 0.3 is 0 Å².